The zero-order valence-corrected chi connectivity index (χ0v) is 18.3. The summed E-state index contributed by atoms with van der Waals surface area (Å²) in [7, 11) is 0. The van der Waals surface area contributed by atoms with Crippen LogP contribution < -0.4 is 10.2 Å². The van der Waals surface area contributed by atoms with E-state index in [0.29, 0.717) is 26.9 Å². The molecule has 2 aromatic carbocycles. The lowest BCUT2D eigenvalue weighted by Gasteiger charge is -2.29. The lowest BCUT2D eigenvalue weighted by molar-refractivity contribution is -0.139. The quantitative estimate of drug-likeness (QED) is 0.737. The van der Waals surface area contributed by atoms with Gasteiger partial charge in [-0.25, -0.2) is 0 Å². The maximum atomic E-state index is 13.8. The Labute approximate surface area is 187 Å². The summed E-state index contributed by atoms with van der Waals surface area (Å²) in [5.74, 6) is -1.11. The van der Waals surface area contributed by atoms with Crippen molar-refractivity contribution >= 4 is 63.5 Å². The van der Waals surface area contributed by atoms with E-state index >= 15 is 0 Å². The Bertz CT molecular complexity index is 1120. The topological polar surface area (TPSA) is 82.1 Å². The van der Waals surface area contributed by atoms with Gasteiger partial charge in [-0.2, -0.15) is 5.01 Å². The summed E-state index contributed by atoms with van der Waals surface area (Å²) in [6.45, 7) is 2.86. The molecule has 0 saturated carbocycles. The smallest absolute Gasteiger partial charge is 0.271 e. The standard InChI is InChI=1S/C20H16Cl2N4O3S/c1-11(27)23-19-24-26(12(2)28)20(30-19)15-5-3-4-6-17(15)25(18(20)29)10-13-7-8-14(21)9-16(13)22/h3-9H,10H2,1-2H3,(H,23,24,27). The largest absolute Gasteiger partial charge is 0.304 e. The number of amides is 3. The lowest BCUT2D eigenvalue weighted by atomic mass is 10.1. The Balaban J connectivity index is 1.80. The van der Waals surface area contributed by atoms with Crippen molar-refractivity contribution in [2.24, 2.45) is 5.10 Å². The van der Waals surface area contributed by atoms with Crippen LogP contribution in [0, 0.1) is 0 Å². The molecule has 1 spiro atoms. The van der Waals surface area contributed by atoms with Crippen LogP contribution in [0.1, 0.15) is 25.0 Å². The first kappa shape index (κ1) is 20.7. The van der Waals surface area contributed by atoms with Crippen molar-refractivity contribution in [1.82, 2.24) is 10.3 Å². The number of carbonyl (C=O) groups is 3. The van der Waals surface area contributed by atoms with Crippen LogP contribution in [0.25, 0.3) is 0 Å². The van der Waals surface area contributed by atoms with Crippen molar-refractivity contribution in [3.63, 3.8) is 0 Å². The molecule has 2 aliphatic heterocycles. The van der Waals surface area contributed by atoms with Crippen molar-refractivity contribution in [3.05, 3.63) is 63.6 Å². The molecular weight excluding hydrogens is 447 g/mol. The maximum absolute atomic E-state index is 13.8. The summed E-state index contributed by atoms with van der Waals surface area (Å²) in [4.78, 5) is 37.9. The fourth-order valence-electron chi connectivity index (χ4n) is 3.54. The first-order valence-electron chi connectivity index (χ1n) is 8.95. The Morgan fingerprint density at radius 2 is 1.90 bits per heavy atom. The number of benzene rings is 2. The van der Waals surface area contributed by atoms with Crippen LogP contribution in [0.2, 0.25) is 10.0 Å². The number of anilines is 1. The second kappa shape index (κ2) is 7.61. The Morgan fingerprint density at radius 3 is 2.57 bits per heavy atom. The summed E-state index contributed by atoms with van der Waals surface area (Å²) in [5.41, 5.74) is 1.97. The molecule has 3 amide bonds. The molecule has 0 fully saturated rings. The molecule has 0 saturated heterocycles. The Morgan fingerprint density at radius 1 is 1.17 bits per heavy atom. The third-order valence-corrected chi connectivity index (χ3v) is 6.58. The highest BCUT2D eigenvalue weighted by Crippen LogP contribution is 2.54. The second-order valence-corrected chi connectivity index (χ2v) is 8.83. The number of nitrogens with one attached hydrogen (secondary N) is 1. The van der Waals surface area contributed by atoms with Gasteiger partial charge in [0.15, 0.2) is 5.17 Å². The highest BCUT2D eigenvalue weighted by Gasteiger charge is 2.61. The van der Waals surface area contributed by atoms with Gasteiger partial charge in [0.1, 0.15) is 0 Å². The molecule has 0 aromatic heterocycles. The first-order valence-corrected chi connectivity index (χ1v) is 10.5. The van der Waals surface area contributed by atoms with Gasteiger partial charge in [0.25, 0.3) is 5.91 Å². The third kappa shape index (κ3) is 3.25. The summed E-state index contributed by atoms with van der Waals surface area (Å²) < 4.78 is 0. The highest BCUT2D eigenvalue weighted by atomic mass is 35.5. The summed E-state index contributed by atoms with van der Waals surface area (Å²) in [5, 5.41) is 9.06. The number of hydrogen-bond acceptors (Lipinski definition) is 5. The summed E-state index contributed by atoms with van der Waals surface area (Å²) in [6, 6.07) is 12.3. The van der Waals surface area contributed by atoms with E-state index in [1.807, 2.05) is 6.07 Å². The Kier molecular flexibility index (Phi) is 5.25. The van der Waals surface area contributed by atoms with Gasteiger partial charge in [0.05, 0.1) is 12.2 Å². The van der Waals surface area contributed by atoms with Gasteiger partial charge >= 0.3 is 0 Å². The molecule has 0 radical (unpaired) electrons. The minimum absolute atomic E-state index is 0.187. The van der Waals surface area contributed by atoms with Crippen molar-refractivity contribution < 1.29 is 14.4 Å². The van der Waals surface area contributed by atoms with Crippen molar-refractivity contribution in [1.29, 1.82) is 0 Å². The monoisotopic (exact) mass is 462 g/mol. The minimum atomic E-state index is -1.43. The van der Waals surface area contributed by atoms with Crippen LogP contribution in [0.4, 0.5) is 5.69 Å². The summed E-state index contributed by atoms with van der Waals surface area (Å²) >= 11 is 13.4. The number of hydrogen-bond donors (Lipinski definition) is 1. The van der Waals surface area contributed by atoms with E-state index < -0.39 is 10.8 Å². The van der Waals surface area contributed by atoms with Gasteiger partial charge in [-0.15, -0.1) is 5.10 Å². The van der Waals surface area contributed by atoms with Gasteiger partial charge in [0, 0.05) is 29.5 Å². The van der Waals surface area contributed by atoms with Crippen LogP contribution in [0.15, 0.2) is 47.6 Å². The van der Waals surface area contributed by atoms with Crippen molar-refractivity contribution in [3.8, 4) is 0 Å². The van der Waals surface area contributed by atoms with E-state index in [1.165, 1.54) is 13.8 Å². The average molecular weight is 463 g/mol. The third-order valence-electron chi connectivity index (χ3n) is 4.75. The number of amidine groups is 1. The molecule has 0 bridgehead atoms. The molecule has 2 aliphatic rings. The zero-order valence-electron chi connectivity index (χ0n) is 16.0. The molecule has 7 nitrogen and oxygen atoms in total. The number of halogens is 2. The van der Waals surface area contributed by atoms with E-state index in [4.69, 9.17) is 23.2 Å². The van der Waals surface area contributed by atoms with Crippen LogP contribution in [-0.4, -0.2) is 27.9 Å². The van der Waals surface area contributed by atoms with Gasteiger partial charge in [-0.05, 0) is 35.5 Å². The number of thioether (sulfide) groups is 1. The second-order valence-electron chi connectivity index (χ2n) is 6.81. The van der Waals surface area contributed by atoms with Crippen LogP contribution in [0.3, 0.4) is 0 Å². The molecule has 10 heteroatoms. The van der Waals surface area contributed by atoms with E-state index in [2.05, 4.69) is 10.4 Å². The van der Waals surface area contributed by atoms with E-state index in [0.717, 1.165) is 16.8 Å². The molecule has 1 atom stereocenters. The van der Waals surface area contributed by atoms with Crippen LogP contribution in [0.5, 0.6) is 0 Å². The first-order chi connectivity index (χ1) is 14.2. The number of fused-ring (bicyclic) bond motifs is 2. The van der Waals surface area contributed by atoms with E-state index in [-0.39, 0.29) is 23.5 Å². The molecule has 1 N–H and O–H groups in total. The van der Waals surface area contributed by atoms with Gasteiger partial charge in [-0.1, -0.05) is 47.5 Å². The maximum Gasteiger partial charge on any atom is 0.271 e. The fourth-order valence-corrected chi connectivity index (χ4v) is 5.34. The highest BCUT2D eigenvalue weighted by molar-refractivity contribution is 8.15. The molecule has 154 valence electrons. The predicted octanol–water partition coefficient (Wildman–Crippen LogP) is 3.70. The van der Waals surface area contributed by atoms with Crippen molar-refractivity contribution in [2.75, 3.05) is 4.90 Å². The number of hydrazone groups is 1. The van der Waals surface area contributed by atoms with Crippen LogP contribution >= 0.6 is 35.0 Å². The molecule has 1 unspecified atom stereocenters. The number of rotatable bonds is 2. The molecule has 2 heterocycles. The minimum Gasteiger partial charge on any atom is -0.304 e. The van der Waals surface area contributed by atoms with Gasteiger partial charge < -0.3 is 10.2 Å². The Hall–Kier alpha value is -2.55. The zero-order chi connectivity index (χ0) is 21.6. The van der Waals surface area contributed by atoms with E-state index in [1.54, 1.807) is 41.3 Å². The van der Waals surface area contributed by atoms with Crippen molar-refractivity contribution in [2.45, 2.75) is 25.3 Å². The molecule has 4 rings (SSSR count). The van der Waals surface area contributed by atoms with Gasteiger partial charge in [0.2, 0.25) is 16.7 Å². The SMILES string of the molecule is CC(=O)NC1=NN(C(C)=O)C2(S1)C(=O)N(Cc1ccc(Cl)cc1Cl)c1ccccc12. The fraction of sp³-hybridized carbons (Fsp3) is 0.200. The molecule has 30 heavy (non-hydrogen) atoms. The number of carbonyl (C=O) groups excluding carboxylic acids is 3. The van der Waals surface area contributed by atoms with Crippen LogP contribution in [-0.2, 0) is 25.8 Å². The van der Waals surface area contributed by atoms with Gasteiger partial charge in [-0.3, -0.25) is 14.4 Å². The lowest BCUT2D eigenvalue weighted by Crippen LogP contribution is -2.48. The normalized spacial score (nSPS) is 19.9. The molecule has 2 aromatic rings. The number of nitrogens with zero attached hydrogens (tertiary/aromatic N) is 3. The molecular formula is C20H16Cl2N4O3S. The average Bonchev–Trinajstić information content (AvgIpc) is 3.16. The molecule has 0 aliphatic carbocycles. The number of para-hydroxylation sites is 1. The predicted molar refractivity (Wildman–Crippen MR) is 117 cm³/mol. The summed E-state index contributed by atoms with van der Waals surface area (Å²) in [6.07, 6.45) is 0. The van der Waals surface area contributed by atoms with E-state index in [9.17, 15) is 14.4 Å².